The number of nitrogens with zero attached hydrogens (tertiary/aromatic N) is 1. The zero-order chi connectivity index (χ0) is 17.6. The number of piperidine rings is 1. The van der Waals surface area contributed by atoms with Gasteiger partial charge < -0.3 is 9.64 Å². The molecule has 1 atom stereocenters. The average Bonchev–Trinajstić information content (AvgIpc) is 2.54. The van der Waals surface area contributed by atoms with Gasteiger partial charge >= 0.3 is 6.61 Å². The molecule has 1 aromatic rings. The van der Waals surface area contributed by atoms with Gasteiger partial charge in [-0.1, -0.05) is 25.5 Å². The molecule has 0 saturated carbocycles. The van der Waals surface area contributed by atoms with Gasteiger partial charge in [-0.25, -0.2) is 13.1 Å². The van der Waals surface area contributed by atoms with Crippen LogP contribution in [0.1, 0.15) is 26.2 Å². The maximum absolute atomic E-state index is 12.4. The molecule has 5 nitrogen and oxygen atoms in total. The molecule has 0 bridgehead atoms. The van der Waals surface area contributed by atoms with E-state index in [1.165, 1.54) is 43.5 Å². The Kier molecular flexibility index (Phi) is 6.94. The Labute approximate surface area is 142 Å². The smallest absolute Gasteiger partial charge is 0.387 e. The Hall–Kier alpha value is -1.25. The summed E-state index contributed by atoms with van der Waals surface area (Å²) in [5.41, 5.74) is 0. The van der Waals surface area contributed by atoms with Crippen LogP contribution < -0.4 is 9.46 Å². The van der Waals surface area contributed by atoms with Crippen LogP contribution >= 0.6 is 0 Å². The van der Waals surface area contributed by atoms with Crippen molar-refractivity contribution in [1.82, 2.24) is 9.62 Å². The summed E-state index contributed by atoms with van der Waals surface area (Å²) >= 11 is 0. The molecule has 0 radical (unpaired) electrons. The molecule has 1 heterocycles. The second-order valence-corrected chi connectivity index (χ2v) is 7.88. The van der Waals surface area contributed by atoms with E-state index >= 15 is 0 Å². The van der Waals surface area contributed by atoms with Crippen molar-refractivity contribution in [3.05, 3.63) is 24.3 Å². The number of likely N-dealkylation sites (tertiary alicyclic amines) is 1. The molecular weight excluding hydrogens is 338 g/mol. The van der Waals surface area contributed by atoms with Crippen LogP contribution in [-0.2, 0) is 10.0 Å². The van der Waals surface area contributed by atoms with E-state index in [-0.39, 0.29) is 23.1 Å². The van der Waals surface area contributed by atoms with E-state index in [1.807, 2.05) is 6.92 Å². The third-order valence-corrected chi connectivity index (χ3v) is 5.46. The van der Waals surface area contributed by atoms with E-state index in [0.29, 0.717) is 0 Å². The molecule has 1 aliphatic rings. The van der Waals surface area contributed by atoms with Crippen LogP contribution in [0.3, 0.4) is 0 Å². The van der Waals surface area contributed by atoms with E-state index in [9.17, 15) is 17.2 Å². The van der Waals surface area contributed by atoms with Gasteiger partial charge in [-0.2, -0.15) is 8.78 Å². The molecule has 1 aliphatic heterocycles. The summed E-state index contributed by atoms with van der Waals surface area (Å²) < 4.78 is 56.4. The Balaban J connectivity index is 1.95. The highest BCUT2D eigenvalue weighted by Gasteiger charge is 2.22. The first-order valence-corrected chi connectivity index (χ1v) is 9.62. The number of para-hydroxylation sites is 1. The summed E-state index contributed by atoms with van der Waals surface area (Å²) in [6.45, 7) is 2.06. The van der Waals surface area contributed by atoms with Crippen molar-refractivity contribution < 1.29 is 21.9 Å². The molecule has 0 amide bonds. The summed E-state index contributed by atoms with van der Waals surface area (Å²) in [6.07, 6.45) is 3.60. The minimum Gasteiger partial charge on any atom is -0.433 e. The number of ether oxygens (including phenoxy) is 1. The molecule has 0 aromatic heterocycles. The highest BCUT2D eigenvalue weighted by Crippen LogP contribution is 2.24. The first kappa shape index (κ1) is 19.1. The first-order valence-electron chi connectivity index (χ1n) is 8.14. The first-order chi connectivity index (χ1) is 11.4. The SMILES string of the molecule is CC(CNS(=O)(=O)c1ccccc1OC(F)F)CN1CCCCC1. The number of alkyl halides is 2. The van der Waals surface area contributed by atoms with Gasteiger partial charge in [-0.05, 0) is 44.0 Å². The predicted molar refractivity (Wildman–Crippen MR) is 87.7 cm³/mol. The highest BCUT2D eigenvalue weighted by molar-refractivity contribution is 7.89. The largest absolute Gasteiger partial charge is 0.433 e. The fourth-order valence-electron chi connectivity index (χ4n) is 2.84. The molecule has 0 spiro atoms. The second-order valence-electron chi connectivity index (χ2n) is 6.14. The Bertz CT molecular complexity index is 620. The summed E-state index contributed by atoms with van der Waals surface area (Å²) in [6, 6.07) is 5.41. The predicted octanol–water partition coefficient (Wildman–Crippen LogP) is 2.69. The minimum atomic E-state index is -3.90. The van der Waals surface area contributed by atoms with Crippen LogP contribution in [0, 0.1) is 5.92 Å². The van der Waals surface area contributed by atoms with Crippen molar-refractivity contribution in [3.63, 3.8) is 0 Å². The molecule has 2 rings (SSSR count). The topological polar surface area (TPSA) is 58.6 Å². The van der Waals surface area contributed by atoms with Crippen molar-refractivity contribution in [1.29, 1.82) is 0 Å². The van der Waals surface area contributed by atoms with Crippen molar-refractivity contribution in [3.8, 4) is 5.75 Å². The van der Waals surface area contributed by atoms with Gasteiger partial charge in [0.1, 0.15) is 10.6 Å². The standard InChI is InChI=1S/C16H24F2N2O3S/c1-13(12-20-9-5-2-6-10-20)11-19-24(21,22)15-8-4-3-7-14(15)23-16(17)18/h3-4,7-8,13,16,19H,2,5-6,9-12H2,1H3. The van der Waals surface area contributed by atoms with Gasteiger partial charge in [-0.15, -0.1) is 0 Å². The van der Waals surface area contributed by atoms with Gasteiger partial charge in [0.15, 0.2) is 0 Å². The normalized spacial score (nSPS) is 17.8. The fraction of sp³-hybridized carbons (Fsp3) is 0.625. The van der Waals surface area contributed by atoms with E-state index in [1.54, 1.807) is 0 Å². The van der Waals surface area contributed by atoms with Crippen molar-refractivity contribution >= 4 is 10.0 Å². The van der Waals surface area contributed by atoms with Crippen LogP contribution in [0.15, 0.2) is 29.2 Å². The van der Waals surface area contributed by atoms with Crippen molar-refractivity contribution in [2.75, 3.05) is 26.2 Å². The second kappa shape index (κ2) is 8.73. The molecule has 1 saturated heterocycles. The summed E-state index contributed by atoms with van der Waals surface area (Å²) in [4.78, 5) is 2.06. The van der Waals surface area contributed by atoms with Crippen molar-refractivity contribution in [2.24, 2.45) is 5.92 Å². The van der Waals surface area contributed by atoms with Gasteiger partial charge in [0.05, 0.1) is 0 Å². The lowest BCUT2D eigenvalue weighted by molar-refractivity contribution is -0.0517. The molecule has 136 valence electrons. The van der Waals surface area contributed by atoms with Gasteiger partial charge in [0.25, 0.3) is 0 Å². The number of hydrogen-bond acceptors (Lipinski definition) is 4. The maximum Gasteiger partial charge on any atom is 0.387 e. The minimum absolute atomic E-state index is 0.126. The number of rotatable bonds is 8. The fourth-order valence-corrected chi connectivity index (χ4v) is 4.14. The summed E-state index contributed by atoms with van der Waals surface area (Å²) in [5, 5.41) is 0. The van der Waals surface area contributed by atoms with Crippen LogP contribution in [-0.4, -0.2) is 46.1 Å². The van der Waals surface area contributed by atoms with Crippen molar-refractivity contribution in [2.45, 2.75) is 37.7 Å². The third-order valence-electron chi connectivity index (χ3n) is 4.00. The molecular formula is C16H24F2N2O3S. The molecule has 1 fully saturated rings. The number of hydrogen-bond donors (Lipinski definition) is 1. The Morgan fingerprint density at radius 1 is 1.21 bits per heavy atom. The van der Waals surface area contributed by atoms with E-state index in [2.05, 4.69) is 14.4 Å². The highest BCUT2D eigenvalue weighted by atomic mass is 32.2. The van der Waals surface area contributed by atoms with E-state index < -0.39 is 16.6 Å². The number of sulfonamides is 1. The Morgan fingerprint density at radius 2 is 1.88 bits per heavy atom. The third kappa shape index (κ3) is 5.68. The van der Waals surface area contributed by atoms with Gasteiger partial charge in [0.2, 0.25) is 10.0 Å². The van der Waals surface area contributed by atoms with Gasteiger partial charge in [0, 0.05) is 13.1 Å². The van der Waals surface area contributed by atoms with Crippen LogP contribution in [0.4, 0.5) is 8.78 Å². The molecule has 0 aliphatic carbocycles. The maximum atomic E-state index is 12.4. The molecule has 1 N–H and O–H groups in total. The zero-order valence-corrected chi connectivity index (χ0v) is 14.6. The zero-order valence-electron chi connectivity index (χ0n) is 13.7. The van der Waals surface area contributed by atoms with Crippen LogP contribution in [0.25, 0.3) is 0 Å². The quantitative estimate of drug-likeness (QED) is 0.772. The monoisotopic (exact) mass is 362 g/mol. The molecule has 1 aromatic carbocycles. The number of halogens is 2. The molecule has 24 heavy (non-hydrogen) atoms. The summed E-state index contributed by atoms with van der Waals surface area (Å²) in [7, 11) is -3.90. The van der Waals surface area contributed by atoms with Crippen LogP contribution in [0.2, 0.25) is 0 Å². The lowest BCUT2D eigenvalue weighted by Crippen LogP contribution is -2.38. The summed E-state index contributed by atoms with van der Waals surface area (Å²) in [5.74, 6) is -0.218. The average molecular weight is 362 g/mol. The number of nitrogens with one attached hydrogen (secondary N) is 1. The lowest BCUT2D eigenvalue weighted by atomic mass is 10.1. The van der Waals surface area contributed by atoms with E-state index in [0.717, 1.165) is 19.6 Å². The number of benzene rings is 1. The van der Waals surface area contributed by atoms with Crippen LogP contribution in [0.5, 0.6) is 5.75 Å². The molecule has 8 heteroatoms. The van der Waals surface area contributed by atoms with Gasteiger partial charge in [-0.3, -0.25) is 0 Å². The molecule has 1 unspecified atom stereocenters. The Morgan fingerprint density at radius 3 is 2.54 bits per heavy atom. The van der Waals surface area contributed by atoms with E-state index in [4.69, 9.17) is 0 Å². The lowest BCUT2D eigenvalue weighted by Gasteiger charge is -2.29.